The van der Waals surface area contributed by atoms with Gasteiger partial charge in [0.25, 0.3) is 0 Å². The van der Waals surface area contributed by atoms with E-state index in [0.29, 0.717) is 28.2 Å². The number of aromatic amines is 2. The average Bonchev–Trinajstić information content (AvgIpc) is 4.10. The number of aromatic nitrogens is 4. The molecule has 59 heavy (non-hydrogen) atoms. The number of nitrogens with zero attached hydrogens (tertiary/aromatic N) is 3. The Kier molecular flexibility index (Phi) is 10.9. The molecule has 290 valence electrons. The molecule has 2 aliphatic heterocycles. The van der Waals surface area contributed by atoms with Crippen LogP contribution in [-0.4, -0.2) is 59.2 Å². The van der Waals surface area contributed by atoms with Gasteiger partial charge in [0.05, 0.1) is 47.1 Å². The van der Waals surface area contributed by atoms with Gasteiger partial charge in [0, 0.05) is 58.6 Å². The molecule has 6 aromatic rings. The van der Waals surface area contributed by atoms with Gasteiger partial charge < -0.3 is 24.3 Å². The summed E-state index contributed by atoms with van der Waals surface area (Å²) in [5.74, 6) is 5.31. The highest BCUT2D eigenvalue weighted by Crippen LogP contribution is 2.35. The maximum atomic E-state index is 13.3. The molecular formula is C50H41N5O4. The van der Waals surface area contributed by atoms with Gasteiger partial charge in [0.2, 0.25) is 0 Å². The molecule has 8 bridgehead atoms. The normalized spacial score (nSPS) is 11.4. The summed E-state index contributed by atoms with van der Waals surface area (Å²) >= 11 is 0. The number of hydrogen-bond donors (Lipinski definition) is 2. The lowest BCUT2D eigenvalue weighted by Gasteiger charge is -2.11. The minimum atomic E-state index is -0.787. The van der Waals surface area contributed by atoms with E-state index in [-0.39, 0.29) is 18.8 Å². The summed E-state index contributed by atoms with van der Waals surface area (Å²) in [6.07, 6.45) is 9.33. The number of ether oxygens (including phenoxy) is 2. The molecule has 2 aliphatic rings. The molecule has 0 radical (unpaired) electrons. The van der Waals surface area contributed by atoms with Crippen LogP contribution in [0.2, 0.25) is 0 Å². The Bertz CT molecular complexity index is 2850. The predicted octanol–water partition coefficient (Wildman–Crippen LogP) is 9.96. The van der Waals surface area contributed by atoms with Crippen molar-refractivity contribution in [1.29, 1.82) is 0 Å². The third-order valence-electron chi connectivity index (χ3n) is 9.91. The summed E-state index contributed by atoms with van der Waals surface area (Å²) in [4.78, 5) is 46.4. The molecule has 0 fully saturated rings. The van der Waals surface area contributed by atoms with Crippen LogP contribution in [0.5, 0.6) is 0 Å². The van der Waals surface area contributed by atoms with Crippen molar-refractivity contribution >= 4 is 70.1 Å². The van der Waals surface area contributed by atoms with Crippen LogP contribution < -0.4 is 4.90 Å². The van der Waals surface area contributed by atoms with Gasteiger partial charge in [-0.1, -0.05) is 72.5 Å². The minimum absolute atomic E-state index is 0.0858. The van der Waals surface area contributed by atoms with Gasteiger partial charge in [-0.05, 0) is 104 Å². The number of anilines is 1. The number of carbonyl (C=O) groups excluding carboxylic acids is 2. The Morgan fingerprint density at radius 2 is 1.08 bits per heavy atom. The fourth-order valence-electron chi connectivity index (χ4n) is 7.07. The van der Waals surface area contributed by atoms with Crippen LogP contribution in [0.25, 0.3) is 74.7 Å². The van der Waals surface area contributed by atoms with Crippen LogP contribution in [0.1, 0.15) is 53.3 Å². The van der Waals surface area contributed by atoms with Crippen molar-refractivity contribution in [3.05, 3.63) is 154 Å². The number of hydrogen-bond acceptors (Lipinski definition) is 7. The first-order valence-electron chi connectivity index (χ1n) is 19.4. The van der Waals surface area contributed by atoms with Crippen molar-refractivity contribution in [3.8, 4) is 34.1 Å². The minimum Gasteiger partial charge on any atom is -0.462 e. The lowest BCUT2D eigenvalue weighted by Crippen LogP contribution is -2.18. The van der Waals surface area contributed by atoms with Crippen LogP contribution in [0, 0.1) is 11.8 Å². The first kappa shape index (κ1) is 38.2. The number of carbonyl (C=O) groups is 2. The van der Waals surface area contributed by atoms with E-state index in [2.05, 4.69) is 38.8 Å². The lowest BCUT2D eigenvalue weighted by atomic mass is 10.0. The molecule has 9 nitrogen and oxygen atoms in total. The van der Waals surface area contributed by atoms with Gasteiger partial charge in [0.15, 0.2) is 0 Å². The van der Waals surface area contributed by atoms with E-state index < -0.39 is 11.9 Å². The van der Waals surface area contributed by atoms with E-state index in [4.69, 9.17) is 19.4 Å². The number of H-pyrrole nitrogens is 2. The van der Waals surface area contributed by atoms with Gasteiger partial charge in [-0.15, -0.1) is 0 Å². The van der Waals surface area contributed by atoms with E-state index in [1.807, 2.05) is 135 Å². The Labute approximate surface area is 342 Å². The smallest absolute Gasteiger partial charge is 0.345 e. The van der Waals surface area contributed by atoms with E-state index in [1.165, 1.54) is 6.08 Å². The highest BCUT2D eigenvalue weighted by Gasteiger charge is 2.23. The molecule has 3 aromatic heterocycles. The highest BCUT2D eigenvalue weighted by atomic mass is 16.6. The third kappa shape index (κ3) is 7.98. The highest BCUT2D eigenvalue weighted by molar-refractivity contribution is 6.18. The second kappa shape index (κ2) is 16.8. The second-order valence-corrected chi connectivity index (χ2v) is 14.0. The molecule has 0 saturated carbocycles. The number of esters is 2. The second-order valence-electron chi connectivity index (χ2n) is 14.0. The molecule has 0 saturated heterocycles. The van der Waals surface area contributed by atoms with Crippen LogP contribution in [0.3, 0.4) is 0 Å². The van der Waals surface area contributed by atoms with Crippen LogP contribution in [0.15, 0.2) is 115 Å². The number of fused-ring (bicyclic) bond motifs is 8. The predicted molar refractivity (Wildman–Crippen MR) is 238 cm³/mol. The van der Waals surface area contributed by atoms with Gasteiger partial charge in [-0.2, -0.15) is 0 Å². The monoisotopic (exact) mass is 775 g/mol. The van der Waals surface area contributed by atoms with Crippen molar-refractivity contribution in [2.24, 2.45) is 0 Å². The number of nitrogens with one attached hydrogen (secondary N) is 2. The zero-order chi connectivity index (χ0) is 40.9. The first-order valence-corrected chi connectivity index (χ1v) is 19.4. The molecule has 8 rings (SSSR count). The Balaban J connectivity index is 1.50. The third-order valence-corrected chi connectivity index (χ3v) is 9.91. The fourth-order valence-corrected chi connectivity index (χ4v) is 7.07. The topological polar surface area (TPSA) is 113 Å². The van der Waals surface area contributed by atoms with Crippen molar-refractivity contribution in [2.45, 2.75) is 13.8 Å². The molecule has 0 amide bonds. The summed E-state index contributed by atoms with van der Waals surface area (Å²) in [6, 6.07) is 36.2. The maximum absolute atomic E-state index is 13.3. The zero-order valence-corrected chi connectivity index (χ0v) is 33.2. The van der Waals surface area contributed by atoms with E-state index >= 15 is 0 Å². The van der Waals surface area contributed by atoms with E-state index in [9.17, 15) is 9.59 Å². The SMILES string of the molecule is CCOC(=O)C(=Cc1c2nc(c(-c3ccccc3)c3ccc([nH]3)c(C#Cc3ccc(N(C)C)cc3)c3nc(c(-c4ccccc4)c4ccc1[nH]4)C=C3)C=C2)C(=O)OCC. The van der Waals surface area contributed by atoms with Crippen molar-refractivity contribution < 1.29 is 19.1 Å². The van der Waals surface area contributed by atoms with Gasteiger partial charge in [0.1, 0.15) is 5.57 Å². The summed E-state index contributed by atoms with van der Waals surface area (Å²) in [7, 11) is 4.03. The fraction of sp³-hybridized carbons (Fsp3) is 0.120. The quantitative estimate of drug-likeness (QED) is 0.0520. The summed E-state index contributed by atoms with van der Waals surface area (Å²) in [5, 5.41) is 0. The maximum Gasteiger partial charge on any atom is 0.345 e. The van der Waals surface area contributed by atoms with Crippen molar-refractivity contribution in [2.75, 3.05) is 32.2 Å². The molecule has 5 heterocycles. The molecule has 0 unspecified atom stereocenters. The molecule has 9 heteroatoms. The van der Waals surface area contributed by atoms with Gasteiger partial charge in [-0.25, -0.2) is 19.6 Å². The van der Waals surface area contributed by atoms with Crippen molar-refractivity contribution in [3.63, 3.8) is 0 Å². The average molecular weight is 776 g/mol. The van der Waals surface area contributed by atoms with Crippen molar-refractivity contribution in [1.82, 2.24) is 19.9 Å². The Hall–Kier alpha value is -7.70. The number of rotatable bonds is 8. The summed E-state index contributed by atoms with van der Waals surface area (Å²) in [6.45, 7) is 3.55. The van der Waals surface area contributed by atoms with Gasteiger partial charge in [-0.3, -0.25) is 0 Å². The summed E-state index contributed by atoms with van der Waals surface area (Å²) < 4.78 is 10.7. The summed E-state index contributed by atoms with van der Waals surface area (Å²) in [5.41, 5.74) is 12.2. The molecule has 2 N–H and O–H groups in total. The Morgan fingerprint density at radius 1 is 0.593 bits per heavy atom. The van der Waals surface area contributed by atoms with E-state index in [0.717, 1.165) is 61.3 Å². The largest absolute Gasteiger partial charge is 0.462 e. The molecule has 0 atom stereocenters. The lowest BCUT2D eigenvalue weighted by molar-refractivity contribution is -0.146. The van der Waals surface area contributed by atoms with Crippen LogP contribution in [0.4, 0.5) is 5.69 Å². The zero-order valence-electron chi connectivity index (χ0n) is 33.2. The van der Waals surface area contributed by atoms with Crippen LogP contribution in [-0.2, 0) is 19.1 Å². The van der Waals surface area contributed by atoms with Gasteiger partial charge >= 0.3 is 11.9 Å². The standard InChI is InChI=1S/C50H41N5O4/c1-5-58-49(56)38(50(57)59-6-2)31-37-41-25-29-45(53-41)47(33-13-9-7-10-14-33)43-27-23-39(51-43)36(22-19-32-17-20-35(21-18-32)55(3)4)40-24-28-44(52-40)48(34-15-11-8-12-16-34)46-30-26-42(37)54-46/h7-18,20-21,23-31,51,54H,5-6H2,1-4H3. The molecular weight excluding hydrogens is 735 g/mol. The molecule has 3 aromatic carbocycles. The van der Waals surface area contributed by atoms with Crippen LogP contribution >= 0.6 is 0 Å². The number of benzene rings is 3. The molecule has 0 spiro atoms. The first-order chi connectivity index (χ1) is 28.8. The van der Waals surface area contributed by atoms with E-state index in [1.54, 1.807) is 13.8 Å². The molecule has 0 aliphatic carbocycles. The Morgan fingerprint density at radius 3 is 1.64 bits per heavy atom.